The van der Waals surface area contributed by atoms with Crippen molar-refractivity contribution in [3.8, 4) is 11.5 Å². The normalized spacial score (nSPS) is 11.1. The molecule has 6 nitrogen and oxygen atoms in total. The van der Waals surface area contributed by atoms with Crippen molar-refractivity contribution in [2.75, 3.05) is 5.32 Å². The van der Waals surface area contributed by atoms with E-state index in [1.807, 2.05) is 60.7 Å². The maximum Gasteiger partial charge on any atom is 0.157 e. The molecule has 0 saturated carbocycles. The third-order valence-corrected chi connectivity index (χ3v) is 4.20. The highest BCUT2D eigenvalue weighted by molar-refractivity contribution is 5.91. The van der Waals surface area contributed by atoms with Crippen LogP contribution in [0.25, 0.3) is 33.5 Å². The molecule has 0 aliphatic rings. The third-order valence-electron chi connectivity index (χ3n) is 4.20. The highest BCUT2D eigenvalue weighted by atomic mass is 15.0. The van der Waals surface area contributed by atoms with Gasteiger partial charge in [-0.1, -0.05) is 18.2 Å². The van der Waals surface area contributed by atoms with Gasteiger partial charge in [0.15, 0.2) is 5.82 Å². The van der Waals surface area contributed by atoms with Gasteiger partial charge in [-0.3, -0.25) is 4.98 Å². The van der Waals surface area contributed by atoms with Crippen molar-refractivity contribution in [2.24, 2.45) is 0 Å². The number of fused-ring (bicyclic) bond motifs is 2. The Morgan fingerprint density at radius 3 is 2.65 bits per heavy atom. The number of H-pyrrole nitrogens is 1. The van der Waals surface area contributed by atoms with E-state index in [0.717, 1.165) is 45.0 Å². The molecule has 0 aliphatic heterocycles. The lowest BCUT2D eigenvalue weighted by Gasteiger charge is -2.08. The maximum atomic E-state index is 4.66. The Kier molecular flexibility index (Phi) is 3.31. The molecule has 0 bridgehead atoms. The minimum Gasteiger partial charge on any atom is -0.340 e. The van der Waals surface area contributed by atoms with E-state index in [9.17, 15) is 0 Å². The largest absolute Gasteiger partial charge is 0.340 e. The molecule has 0 unspecified atom stereocenters. The molecule has 124 valence electrons. The van der Waals surface area contributed by atoms with Gasteiger partial charge < -0.3 is 10.3 Å². The first-order valence-corrected chi connectivity index (χ1v) is 8.25. The minimum atomic E-state index is 0.755. The minimum absolute atomic E-state index is 0.755. The summed E-state index contributed by atoms with van der Waals surface area (Å²) in [7, 11) is 0. The van der Waals surface area contributed by atoms with Crippen molar-refractivity contribution < 1.29 is 0 Å². The van der Waals surface area contributed by atoms with E-state index in [2.05, 4.69) is 30.2 Å². The highest BCUT2D eigenvalue weighted by Gasteiger charge is 2.08. The Morgan fingerprint density at radius 1 is 0.808 bits per heavy atom. The molecule has 0 saturated heterocycles. The number of hydrogen-bond acceptors (Lipinski definition) is 5. The van der Waals surface area contributed by atoms with Gasteiger partial charge in [0.05, 0.1) is 16.6 Å². The van der Waals surface area contributed by atoms with Gasteiger partial charge in [0.1, 0.15) is 17.8 Å². The number of aromatic amines is 1. The second-order valence-electron chi connectivity index (χ2n) is 5.90. The van der Waals surface area contributed by atoms with Crippen molar-refractivity contribution in [3.05, 3.63) is 73.2 Å². The fourth-order valence-corrected chi connectivity index (χ4v) is 2.95. The van der Waals surface area contributed by atoms with E-state index < -0.39 is 0 Å². The summed E-state index contributed by atoms with van der Waals surface area (Å²) < 4.78 is 0. The quantitative estimate of drug-likeness (QED) is 0.512. The predicted molar refractivity (Wildman–Crippen MR) is 102 cm³/mol. The number of nitrogens with one attached hydrogen (secondary N) is 2. The zero-order valence-electron chi connectivity index (χ0n) is 13.7. The van der Waals surface area contributed by atoms with Crippen molar-refractivity contribution in [1.29, 1.82) is 0 Å². The number of para-hydroxylation sites is 1. The Bertz CT molecular complexity index is 1210. The number of nitrogens with zero attached hydrogens (tertiary/aromatic N) is 4. The molecule has 6 heteroatoms. The van der Waals surface area contributed by atoms with Gasteiger partial charge in [0.25, 0.3) is 0 Å². The van der Waals surface area contributed by atoms with E-state index in [1.165, 1.54) is 0 Å². The zero-order chi connectivity index (χ0) is 17.3. The molecule has 0 aliphatic carbocycles. The number of rotatable bonds is 3. The summed E-state index contributed by atoms with van der Waals surface area (Å²) >= 11 is 0. The van der Waals surface area contributed by atoms with E-state index in [0.29, 0.717) is 0 Å². The number of aromatic nitrogens is 5. The number of pyridine rings is 1. The Balaban J connectivity index is 1.53. The summed E-state index contributed by atoms with van der Waals surface area (Å²) in [4.78, 5) is 21.0. The monoisotopic (exact) mass is 338 g/mol. The van der Waals surface area contributed by atoms with Crippen LogP contribution in [-0.2, 0) is 0 Å². The van der Waals surface area contributed by atoms with Crippen molar-refractivity contribution in [2.45, 2.75) is 0 Å². The van der Waals surface area contributed by atoms with Crippen LogP contribution in [0.5, 0.6) is 0 Å². The van der Waals surface area contributed by atoms with Gasteiger partial charge in [-0.15, -0.1) is 0 Å². The molecule has 3 heterocycles. The highest BCUT2D eigenvalue weighted by Crippen LogP contribution is 2.26. The van der Waals surface area contributed by atoms with E-state index in [4.69, 9.17) is 0 Å². The van der Waals surface area contributed by atoms with Crippen LogP contribution < -0.4 is 5.32 Å². The second-order valence-corrected chi connectivity index (χ2v) is 5.90. The summed E-state index contributed by atoms with van der Waals surface area (Å²) in [6.07, 6.45) is 3.33. The summed E-state index contributed by atoms with van der Waals surface area (Å²) in [6.45, 7) is 0. The first kappa shape index (κ1) is 14.5. The number of hydrogen-bond donors (Lipinski definition) is 2. The fraction of sp³-hybridized carbons (Fsp3) is 0. The van der Waals surface area contributed by atoms with Crippen LogP contribution >= 0.6 is 0 Å². The lowest BCUT2D eigenvalue weighted by atomic mass is 10.2. The first-order valence-electron chi connectivity index (χ1n) is 8.25. The van der Waals surface area contributed by atoms with Crippen molar-refractivity contribution in [3.63, 3.8) is 0 Å². The maximum absolute atomic E-state index is 4.66. The van der Waals surface area contributed by atoms with Crippen molar-refractivity contribution in [1.82, 2.24) is 24.9 Å². The summed E-state index contributed by atoms with van der Waals surface area (Å²) in [6, 6.07) is 19.7. The molecule has 3 aromatic heterocycles. The molecule has 5 rings (SSSR count). The fourth-order valence-electron chi connectivity index (χ4n) is 2.95. The van der Waals surface area contributed by atoms with Crippen LogP contribution in [0, 0.1) is 0 Å². The van der Waals surface area contributed by atoms with E-state index in [-0.39, 0.29) is 0 Å². The first-order chi connectivity index (χ1) is 12.9. The van der Waals surface area contributed by atoms with Crippen LogP contribution in [0.3, 0.4) is 0 Å². The van der Waals surface area contributed by atoms with Gasteiger partial charge in [-0.25, -0.2) is 15.0 Å². The average Bonchev–Trinajstić information content (AvgIpc) is 3.12. The summed E-state index contributed by atoms with van der Waals surface area (Å²) in [5.74, 6) is 1.53. The molecule has 5 aromatic rings. The molecule has 0 fully saturated rings. The Labute approximate surface area is 149 Å². The molecule has 0 spiro atoms. The van der Waals surface area contributed by atoms with Gasteiger partial charge in [0, 0.05) is 17.3 Å². The topological polar surface area (TPSA) is 79.4 Å². The lowest BCUT2D eigenvalue weighted by molar-refractivity contribution is 1.22. The molecule has 0 atom stereocenters. The van der Waals surface area contributed by atoms with Gasteiger partial charge in [-0.2, -0.15) is 0 Å². The van der Waals surface area contributed by atoms with Gasteiger partial charge in [-0.05, 0) is 42.5 Å². The molecule has 0 amide bonds. The van der Waals surface area contributed by atoms with Crippen LogP contribution in [-0.4, -0.2) is 24.9 Å². The molecule has 2 N–H and O–H groups in total. The SMILES string of the molecule is c1ccc(-c2nc3cc(Nc4ncnc5ccccc45)ccc3[nH]2)nc1. The summed E-state index contributed by atoms with van der Waals surface area (Å²) in [5.41, 5.74) is 4.47. The number of imidazole rings is 1. The number of anilines is 2. The van der Waals surface area contributed by atoms with E-state index in [1.54, 1.807) is 12.5 Å². The number of benzene rings is 2. The Morgan fingerprint density at radius 2 is 1.73 bits per heavy atom. The zero-order valence-corrected chi connectivity index (χ0v) is 13.7. The molecular weight excluding hydrogens is 324 g/mol. The van der Waals surface area contributed by atoms with Crippen molar-refractivity contribution >= 4 is 33.4 Å². The van der Waals surface area contributed by atoms with E-state index >= 15 is 0 Å². The lowest BCUT2D eigenvalue weighted by Crippen LogP contribution is -1.95. The molecule has 26 heavy (non-hydrogen) atoms. The smallest absolute Gasteiger partial charge is 0.157 e. The van der Waals surface area contributed by atoms with Crippen LogP contribution in [0.1, 0.15) is 0 Å². The van der Waals surface area contributed by atoms with Crippen LogP contribution in [0.4, 0.5) is 11.5 Å². The Hall–Kier alpha value is -3.80. The van der Waals surface area contributed by atoms with Crippen LogP contribution in [0.15, 0.2) is 73.2 Å². The predicted octanol–water partition coefficient (Wildman–Crippen LogP) is 4.31. The second kappa shape index (κ2) is 5.93. The molecular formula is C20H14N6. The van der Waals surface area contributed by atoms with Crippen LogP contribution in [0.2, 0.25) is 0 Å². The summed E-state index contributed by atoms with van der Waals surface area (Å²) in [5, 5.41) is 4.35. The third kappa shape index (κ3) is 2.53. The van der Waals surface area contributed by atoms with Gasteiger partial charge in [0.2, 0.25) is 0 Å². The average molecular weight is 338 g/mol. The standard InChI is InChI=1S/C20H14N6/c1-2-6-15-14(5-1)19(23-12-22-15)24-13-8-9-16-18(11-13)26-20(25-16)17-7-3-4-10-21-17/h1-12H,(H,25,26)(H,22,23,24). The molecule has 0 radical (unpaired) electrons. The van der Waals surface area contributed by atoms with Gasteiger partial charge >= 0.3 is 0 Å². The molecule has 2 aromatic carbocycles.